The van der Waals surface area contributed by atoms with Crippen molar-refractivity contribution < 1.29 is 9.59 Å². The molecule has 6 heteroatoms. The molecule has 0 aliphatic carbocycles. The van der Waals surface area contributed by atoms with Crippen molar-refractivity contribution in [3.8, 4) is 0 Å². The highest BCUT2D eigenvalue weighted by Gasteiger charge is 2.09. The first-order valence-corrected chi connectivity index (χ1v) is 5.86. The minimum Gasteiger partial charge on any atom is -0.365 e. The molecule has 0 unspecified atom stereocenters. The van der Waals surface area contributed by atoms with E-state index in [9.17, 15) is 9.59 Å². The van der Waals surface area contributed by atoms with Gasteiger partial charge in [0.25, 0.3) is 5.91 Å². The number of hydrogen-bond donors (Lipinski definition) is 2. The molecule has 5 nitrogen and oxygen atoms in total. The van der Waals surface area contributed by atoms with Crippen molar-refractivity contribution in [2.75, 3.05) is 5.32 Å². The molecular weight excluding hydrogens is 226 g/mol. The van der Waals surface area contributed by atoms with E-state index < -0.39 is 5.91 Å². The molecule has 1 rings (SSSR count). The summed E-state index contributed by atoms with van der Waals surface area (Å²) in [5.41, 5.74) is 5.08. The minimum atomic E-state index is -0.528. The van der Waals surface area contributed by atoms with E-state index in [1.54, 1.807) is 0 Å². The minimum absolute atomic E-state index is 0.0842. The van der Waals surface area contributed by atoms with Gasteiger partial charge in [-0.1, -0.05) is 25.2 Å². The molecule has 0 saturated heterocycles. The van der Waals surface area contributed by atoms with E-state index >= 15 is 0 Å². The molecule has 0 aliphatic rings. The molecule has 0 bridgehead atoms. The van der Waals surface area contributed by atoms with Gasteiger partial charge in [-0.25, -0.2) is 4.98 Å². The summed E-state index contributed by atoms with van der Waals surface area (Å²) in [5.74, 6) is -0.123. The number of amides is 2. The van der Waals surface area contributed by atoms with Gasteiger partial charge in [-0.3, -0.25) is 9.59 Å². The Bertz CT molecular complexity index is 387. The van der Waals surface area contributed by atoms with Crippen LogP contribution in [0.15, 0.2) is 6.20 Å². The van der Waals surface area contributed by atoms with E-state index in [1.165, 1.54) is 6.20 Å². The van der Waals surface area contributed by atoms with Crippen LogP contribution in [0.3, 0.4) is 0 Å². The van der Waals surface area contributed by atoms with Crippen molar-refractivity contribution >= 4 is 28.3 Å². The summed E-state index contributed by atoms with van der Waals surface area (Å²) >= 11 is 1.09. The predicted octanol–water partition coefficient (Wildman–Crippen LogP) is 1.62. The number of anilines is 1. The van der Waals surface area contributed by atoms with Crippen LogP contribution < -0.4 is 11.1 Å². The molecule has 1 aromatic rings. The average molecular weight is 241 g/mol. The summed E-state index contributed by atoms with van der Waals surface area (Å²) in [6, 6.07) is 0. The van der Waals surface area contributed by atoms with E-state index in [2.05, 4.69) is 24.1 Å². The number of primary amides is 1. The fourth-order valence-corrected chi connectivity index (χ4v) is 1.73. The second kappa shape index (κ2) is 5.60. The molecule has 2 amide bonds. The molecule has 0 aromatic carbocycles. The molecule has 0 atom stereocenters. The number of nitrogens with zero attached hydrogens (tertiary/aromatic N) is 1. The Balaban J connectivity index is 2.46. The van der Waals surface area contributed by atoms with Crippen molar-refractivity contribution in [1.82, 2.24) is 4.98 Å². The molecule has 0 saturated carbocycles. The zero-order chi connectivity index (χ0) is 12.1. The zero-order valence-electron chi connectivity index (χ0n) is 9.32. The van der Waals surface area contributed by atoms with Gasteiger partial charge in [0, 0.05) is 6.42 Å². The summed E-state index contributed by atoms with van der Waals surface area (Å²) in [4.78, 5) is 26.5. The Labute approximate surface area is 98.1 Å². The van der Waals surface area contributed by atoms with Gasteiger partial charge in [-0.15, -0.1) is 0 Å². The number of carbonyl (C=O) groups is 2. The van der Waals surface area contributed by atoms with E-state index in [1.807, 2.05) is 0 Å². The Morgan fingerprint density at radius 2 is 2.25 bits per heavy atom. The first-order valence-electron chi connectivity index (χ1n) is 5.04. The smallest absolute Gasteiger partial charge is 0.260 e. The Kier molecular flexibility index (Phi) is 4.42. The fraction of sp³-hybridized carbons (Fsp3) is 0.500. The van der Waals surface area contributed by atoms with Crippen LogP contribution in [-0.2, 0) is 4.79 Å². The molecule has 88 valence electrons. The number of hydrogen-bond acceptors (Lipinski definition) is 4. The van der Waals surface area contributed by atoms with Gasteiger partial charge in [0.2, 0.25) is 5.91 Å². The summed E-state index contributed by atoms with van der Waals surface area (Å²) < 4.78 is 0. The third-order valence-electron chi connectivity index (χ3n) is 1.94. The number of rotatable bonds is 5. The van der Waals surface area contributed by atoms with Gasteiger partial charge in [0.15, 0.2) is 5.13 Å². The molecule has 0 radical (unpaired) electrons. The predicted molar refractivity (Wildman–Crippen MR) is 63.3 cm³/mol. The number of thiazole rings is 1. The maximum atomic E-state index is 11.4. The quantitative estimate of drug-likeness (QED) is 0.821. The third-order valence-corrected chi connectivity index (χ3v) is 2.87. The van der Waals surface area contributed by atoms with Crippen LogP contribution in [0.25, 0.3) is 0 Å². The fourth-order valence-electron chi connectivity index (χ4n) is 1.05. The van der Waals surface area contributed by atoms with Gasteiger partial charge in [0.1, 0.15) is 4.88 Å². The third kappa shape index (κ3) is 3.98. The monoisotopic (exact) mass is 241 g/mol. The summed E-state index contributed by atoms with van der Waals surface area (Å²) in [7, 11) is 0. The molecule has 3 N–H and O–H groups in total. The number of nitrogens with one attached hydrogen (secondary N) is 1. The number of nitrogens with two attached hydrogens (primary N) is 1. The van der Waals surface area contributed by atoms with Crippen molar-refractivity contribution in [3.63, 3.8) is 0 Å². The van der Waals surface area contributed by atoms with Crippen molar-refractivity contribution in [2.45, 2.75) is 26.7 Å². The van der Waals surface area contributed by atoms with E-state index in [0.717, 1.165) is 17.8 Å². The van der Waals surface area contributed by atoms with Crippen molar-refractivity contribution in [1.29, 1.82) is 0 Å². The SMILES string of the molecule is CC(C)CCC(=O)Nc1ncc(C(N)=O)s1. The van der Waals surface area contributed by atoms with Crippen LogP contribution in [0.2, 0.25) is 0 Å². The first-order chi connectivity index (χ1) is 7.49. The van der Waals surface area contributed by atoms with E-state index in [-0.39, 0.29) is 5.91 Å². The summed E-state index contributed by atoms with van der Waals surface area (Å²) in [6.45, 7) is 4.11. The zero-order valence-corrected chi connectivity index (χ0v) is 10.1. The maximum Gasteiger partial charge on any atom is 0.260 e. The lowest BCUT2D eigenvalue weighted by Gasteiger charge is -2.03. The van der Waals surface area contributed by atoms with E-state index in [0.29, 0.717) is 22.3 Å². The number of aromatic nitrogens is 1. The van der Waals surface area contributed by atoms with Gasteiger partial charge in [-0.05, 0) is 12.3 Å². The highest BCUT2D eigenvalue weighted by molar-refractivity contribution is 7.17. The van der Waals surface area contributed by atoms with Gasteiger partial charge in [-0.2, -0.15) is 0 Å². The van der Waals surface area contributed by atoms with Crippen LogP contribution in [-0.4, -0.2) is 16.8 Å². The molecular formula is C10H15N3O2S. The van der Waals surface area contributed by atoms with Crippen LogP contribution >= 0.6 is 11.3 Å². The molecule has 0 spiro atoms. The van der Waals surface area contributed by atoms with Crippen LogP contribution in [0.5, 0.6) is 0 Å². The lowest BCUT2D eigenvalue weighted by molar-refractivity contribution is -0.116. The molecule has 16 heavy (non-hydrogen) atoms. The summed E-state index contributed by atoms with van der Waals surface area (Å²) in [5, 5.41) is 3.05. The Morgan fingerprint density at radius 1 is 1.56 bits per heavy atom. The van der Waals surface area contributed by atoms with Gasteiger partial charge < -0.3 is 11.1 Å². The lowest BCUT2D eigenvalue weighted by atomic mass is 10.1. The van der Waals surface area contributed by atoms with Crippen LogP contribution in [0, 0.1) is 5.92 Å². The molecule has 1 heterocycles. The topological polar surface area (TPSA) is 85.1 Å². The Morgan fingerprint density at radius 3 is 2.75 bits per heavy atom. The van der Waals surface area contributed by atoms with Crippen molar-refractivity contribution in [2.24, 2.45) is 11.7 Å². The normalized spacial score (nSPS) is 10.4. The highest BCUT2D eigenvalue weighted by Crippen LogP contribution is 2.17. The molecule has 0 fully saturated rings. The second-order valence-electron chi connectivity index (χ2n) is 3.87. The maximum absolute atomic E-state index is 11.4. The largest absolute Gasteiger partial charge is 0.365 e. The van der Waals surface area contributed by atoms with Crippen LogP contribution in [0.1, 0.15) is 36.4 Å². The van der Waals surface area contributed by atoms with Gasteiger partial charge >= 0.3 is 0 Å². The summed E-state index contributed by atoms with van der Waals surface area (Å²) in [6.07, 6.45) is 2.66. The molecule has 1 aromatic heterocycles. The first kappa shape index (κ1) is 12.6. The Hall–Kier alpha value is -1.43. The van der Waals surface area contributed by atoms with Crippen molar-refractivity contribution in [3.05, 3.63) is 11.1 Å². The average Bonchev–Trinajstić information content (AvgIpc) is 2.63. The standard InChI is InChI=1S/C10H15N3O2S/c1-6(2)3-4-8(14)13-10-12-5-7(16-10)9(11)15/h5-6H,3-4H2,1-2H3,(H2,11,15)(H,12,13,14). The van der Waals surface area contributed by atoms with Crippen LogP contribution in [0.4, 0.5) is 5.13 Å². The van der Waals surface area contributed by atoms with E-state index in [4.69, 9.17) is 5.73 Å². The van der Waals surface area contributed by atoms with Gasteiger partial charge in [0.05, 0.1) is 6.20 Å². The second-order valence-corrected chi connectivity index (χ2v) is 4.91. The highest BCUT2D eigenvalue weighted by atomic mass is 32.1. The lowest BCUT2D eigenvalue weighted by Crippen LogP contribution is -2.11. The number of carbonyl (C=O) groups excluding carboxylic acids is 2. The molecule has 0 aliphatic heterocycles.